The van der Waals surface area contributed by atoms with E-state index < -0.39 is 6.04 Å². The van der Waals surface area contributed by atoms with Crippen LogP contribution in [0.5, 0.6) is 5.75 Å². The van der Waals surface area contributed by atoms with Crippen molar-refractivity contribution < 1.29 is 14.3 Å². The standard InChI is InChI=1S/C17H14Cl2N2O3/c1-24-15-7-4-11(19)8-13(15)20-14-9-16(22)21(17(14)23)12-5-2-10(18)3-6-12/h2-8,14,20H,9H2,1H3/t14-/m1/s1. The lowest BCUT2D eigenvalue weighted by Crippen LogP contribution is -2.34. The first-order valence-electron chi connectivity index (χ1n) is 7.22. The molecular formula is C17H14Cl2N2O3. The van der Waals surface area contributed by atoms with E-state index in [1.807, 2.05) is 0 Å². The summed E-state index contributed by atoms with van der Waals surface area (Å²) >= 11 is 11.8. The molecule has 1 aliphatic heterocycles. The molecule has 1 saturated heterocycles. The first-order chi connectivity index (χ1) is 11.5. The maximum Gasteiger partial charge on any atom is 0.256 e. The molecule has 3 rings (SSSR count). The molecule has 0 bridgehead atoms. The molecule has 1 aliphatic rings. The highest BCUT2D eigenvalue weighted by Crippen LogP contribution is 2.31. The number of ether oxygens (including phenoxy) is 1. The van der Waals surface area contributed by atoms with Crippen LogP contribution in [-0.4, -0.2) is 25.0 Å². The molecule has 0 aliphatic carbocycles. The van der Waals surface area contributed by atoms with Crippen LogP contribution < -0.4 is 15.0 Å². The number of carbonyl (C=O) groups is 2. The number of imide groups is 1. The van der Waals surface area contributed by atoms with Gasteiger partial charge in [0, 0.05) is 10.0 Å². The molecule has 1 N–H and O–H groups in total. The number of anilines is 2. The maximum atomic E-state index is 12.6. The van der Waals surface area contributed by atoms with Crippen molar-refractivity contribution in [3.05, 3.63) is 52.5 Å². The molecule has 5 nitrogen and oxygen atoms in total. The molecule has 1 heterocycles. The Kier molecular flexibility index (Phi) is 4.64. The third-order valence-electron chi connectivity index (χ3n) is 3.72. The normalized spacial score (nSPS) is 17.3. The molecule has 0 saturated carbocycles. The molecule has 2 amide bonds. The molecule has 0 radical (unpaired) electrons. The van der Waals surface area contributed by atoms with E-state index in [-0.39, 0.29) is 18.2 Å². The zero-order chi connectivity index (χ0) is 17.3. The fraction of sp³-hybridized carbons (Fsp3) is 0.176. The Hall–Kier alpha value is -2.24. The largest absolute Gasteiger partial charge is 0.495 e. The third kappa shape index (κ3) is 3.18. The molecule has 0 spiro atoms. The predicted octanol–water partition coefficient (Wildman–Crippen LogP) is 3.75. The lowest BCUT2D eigenvalue weighted by atomic mass is 10.2. The predicted molar refractivity (Wildman–Crippen MR) is 94.0 cm³/mol. The Morgan fingerprint density at radius 2 is 1.75 bits per heavy atom. The molecule has 24 heavy (non-hydrogen) atoms. The number of carbonyl (C=O) groups excluding carboxylic acids is 2. The smallest absolute Gasteiger partial charge is 0.256 e. The van der Waals surface area contributed by atoms with Gasteiger partial charge in [-0.2, -0.15) is 0 Å². The first kappa shape index (κ1) is 16.6. The minimum atomic E-state index is -0.680. The van der Waals surface area contributed by atoms with Crippen LogP contribution in [0.1, 0.15) is 6.42 Å². The fourth-order valence-corrected chi connectivity index (χ4v) is 2.88. The summed E-state index contributed by atoms with van der Waals surface area (Å²) in [5.41, 5.74) is 1.06. The van der Waals surface area contributed by atoms with Crippen LogP contribution in [0.25, 0.3) is 0 Å². The molecular weight excluding hydrogens is 351 g/mol. The van der Waals surface area contributed by atoms with Gasteiger partial charge in [-0.25, -0.2) is 4.90 Å². The average molecular weight is 365 g/mol. The zero-order valence-corrected chi connectivity index (χ0v) is 14.3. The third-order valence-corrected chi connectivity index (χ3v) is 4.21. The topological polar surface area (TPSA) is 58.6 Å². The SMILES string of the molecule is COc1ccc(Cl)cc1N[C@@H]1CC(=O)N(c2ccc(Cl)cc2)C1=O. The summed E-state index contributed by atoms with van der Waals surface area (Å²) in [6.07, 6.45) is 0.0527. The molecule has 2 aromatic carbocycles. The Bertz CT molecular complexity index is 793. The summed E-state index contributed by atoms with van der Waals surface area (Å²) in [5.74, 6) is -0.0604. The van der Waals surface area contributed by atoms with Crippen LogP contribution in [0, 0.1) is 0 Å². The summed E-state index contributed by atoms with van der Waals surface area (Å²) < 4.78 is 5.25. The van der Waals surface area contributed by atoms with Crippen molar-refractivity contribution >= 4 is 46.4 Å². The quantitative estimate of drug-likeness (QED) is 0.839. The van der Waals surface area contributed by atoms with Crippen LogP contribution in [0.15, 0.2) is 42.5 Å². The zero-order valence-electron chi connectivity index (χ0n) is 12.8. The van der Waals surface area contributed by atoms with E-state index in [1.165, 1.54) is 7.11 Å². The van der Waals surface area contributed by atoms with Gasteiger partial charge in [-0.3, -0.25) is 9.59 Å². The van der Waals surface area contributed by atoms with Crippen molar-refractivity contribution in [3.63, 3.8) is 0 Å². The maximum absolute atomic E-state index is 12.6. The van der Waals surface area contributed by atoms with Crippen molar-refractivity contribution in [2.45, 2.75) is 12.5 Å². The molecule has 0 aromatic heterocycles. The number of nitrogens with one attached hydrogen (secondary N) is 1. The van der Waals surface area contributed by atoms with Crippen LogP contribution in [0.3, 0.4) is 0 Å². The Morgan fingerprint density at radius 3 is 2.42 bits per heavy atom. The van der Waals surface area contributed by atoms with Crippen molar-refractivity contribution in [1.82, 2.24) is 0 Å². The molecule has 1 fully saturated rings. The highest BCUT2D eigenvalue weighted by Gasteiger charge is 2.39. The van der Waals surface area contributed by atoms with E-state index in [0.29, 0.717) is 27.2 Å². The molecule has 7 heteroatoms. The van der Waals surface area contributed by atoms with Crippen LogP contribution in [0.4, 0.5) is 11.4 Å². The van der Waals surface area contributed by atoms with Crippen molar-refractivity contribution in [2.24, 2.45) is 0 Å². The minimum Gasteiger partial charge on any atom is -0.495 e. The number of benzene rings is 2. The van der Waals surface area contributed by atoms with E-state index in [9.17, 15) is 9.59 Å². The summed E-state index contributed by atoms with van der Waals surface area (Å²) in [6.45, 7) is 0. The van der Waals surface area contributed by atoms with Gasteiger partial charge in [-0.05, 0) is 42.5 Å². The second-order valence-corrected chi connectivity index (χ2v) is 6.16. The van der Waals surface area contributed by atoms with Crippen molar-refractivity contribution in [1.29, 1.82) is 0 Å². The number of halogens is 2. The second-order valence-electron chi connectivity index (χ2n) is 5.29. The van der Waals surface area contributed by atoms with Gasteiger partial charge < -0.3 is 10.1 Å². The summed E-state index contributed by atoms with van der Waals surface area (Å²) in [5, 5.41) is 4.09. The van der Waals surface area contributed by atoms with Gasteiger partial charge in [0.2, 0.25) is 5.91 Å². The van der Waals surface area contributed by atoms with E-state index >= 15 is 0 Å². The van der Waals surface area contributed by atoms with E-state index in [2.05, 4.69) is 5.32 Å². The number of methoxy groups -OCH3 is 1. The molecule has 2 aromatic rings. The van der Waals surface area contributed by atoms with Gasteiger partial charge >= 0.3 is 0 Å². The Morgan fingerprint density at radius 1 is 1.08 bits per heavy atom. The minimum absolute atomic E-state index is 0.0527. The first-order valence-corrected chi connectivity index (χ1v) is 7.97. The van der Waals surface area contributed by atoms with Gasteiger partial charge in [0.15, 0.2) is 0 Å². The van der Waals surface area contributed by atoms with Gasteiger partial charge in [-0.1, -0.05) is 23.2 Å². The Labute approximate surface area is 149 Å². The van der Waals surface area contributed by atoms with Crippen LogP contribution >= 0.6 is 23.2 Å². The number of hydrogen-bond acceptors (Lipinski definition) is 4. The number of hydrogen-bond donors (Lipinski definition) is 1. The lowest BCUT2D eigenvalue weighted by molar-refractivity contribution is -0.121. The van der Waals surface area contributed by atoms with Crippen LogP contribution in [-0.2, 0) is 9.59 Å². The summed E-state index contributed by atoms with van der Waals surface area (Å²) in [6, 6.07) is 10.9. The highest BCUT2D eigenvalue weighted by molar-refractivity contribution is 6.31. The number of nitrogens with zero attached hydrogens (tertiary/aromatic N) is 1. The highest BCUT2D eigenvalue weighted by atomic mass is 35.5. The van der Waals surface area contributed by atoms with Crippen LogP contribution in [0.2, 0.25) is 10.0 Å². The van der Waals surface area contributed by atoms with Crippen molar-refractivity contribution in [3.8, 4) is 5.75 Å². The monoisotopic (exact) mass is 364 g/mol. The Balaban J connectivity index is 1.84. The van der Waals surface area contributed by atoms with E-state index in [0.717, 1.165) is 4.90 Å². The number of rotatable bonds is 4. The van der Waals surface area contributed by atoms with E-state index in [4.69, 9.17) is 27.9 Å². The van der Waals surface area contributed by atoms with Gasteiger partial charge in [0.25, 0.3) is 5.91 Å². The molecule has 0 unspecified atom stereocenters. The summed E-state index contributed by atoms with van der Waals surface area (Å²) in [7, 11) is 1.52. The van der Waals surface area contributed by atoms with Gasteiger partial charge in [0.05, 0.1) is 24.9 Å². The lowest BCUT2D eigenvalue weighted by Gasteiger charge is -2.17. The second kappa shape index (κ2) is 6.71. The van der Waals surface area contributed by atoms with Gasteiger partial charge in [0.1, 0.15) is 11.8 Å². The van der Waals surface area contributed by atoms with E-state index in [1.54, 1.807) is 42.5 Å². The number of amides is 2. The van der Waals surface area contributed by atoms with Gasteiger partial charge in [-0.15, -0.1) is 0 Å². The molecule has 1 atom stereocenters. The summed E-state index contributed by atoms with van der Waals surface area (Å²) in [4.78, 5) is 26.1. The average Bonchev–Trinajstić information content (AvgIpc) is 2.83. The fourth-order valence-electron chi connectivity index (χ4n) is 2.59. The molecule has 124 valence electrons. The van der Waals surface area contributed by atoms with Crippen molar-refractivity contribution in [2.75, 3.05) is 17.3 Å².